The lowest BCUT2D eigenvalue weighted by Gasteiger charge is -2.06. The fourth-order valence-electron chi connectivity index (χ4n) is 2.35. The predicted molar refractivity (Wildman–Crippen MR) is 98.0 cm³/mol. The van der Waals surface area contributed by atoms with Crippen molar-refractivity contribution < 1.29 is 13.2 Å². The Balaban J connectivity index is 1.74. The van der Waals surface area contributed by atoms with Crippen molar-refractivity contribution in [2.75, 3.05) is 11.8 Å². The van der Waals surface area contributed by atoms with E-state index in [4.69, 9.17) is 4.74 Å². The van der Waals surface area contributed by atoms with Crippen molar-refractivity contribution in [2.24, 2.45) is 0 Å². The van der Waals surface area contributed by atoms with Gasteiger partial charge in [-0.3, -0.25) is 0 Å². The smallest absolute Gasteiger partial charge is 0.273 e. The summed E-state index contributed by atoms with van der Waals surface area (Å²) in [4.78, 5) is 4.84. The highest BCUT2D eigenvalue weighted by Crippen LogP contribution is 2.32. The van der Waals surface area contributed by atoms with E-state index in [-0.39, 0.29) is 10.2 Å². The molecule has 10 heteroatoms. The van der Waals surface area contributed by atoms with Gasteiger partial charge in [0.2, 0.25) is 4.96 Å². The Morgan fingerprint density at radius 2 is 2.00 bits per heavy atom. The van der Waals surface area contributed by atoms with Crippen LogP contribution in [0.1, 0.15) is 0 Å². The number of benzene rings is 1. The summed E-state index contributed by atoms with van der Waals surface area (Å²) in [5, 5.41) is 7.90. The third kappa shape index (κ3) is 2.88. The van der Waals surface area contributed by atoms with Gasteiger partial charge < -0.3 is 4.74 Å². The quantitative estimate of drug-likeness (QED) is 0.563. The molecule has 0 saturated carbocycles. The molecule has 7 nitrogen and oxygen atoms in total. The lowest BCUT2D eigenvalue weighted by Crippen LogP contribution is -2.12. The Morgan fingerprint density at radius 3 is 2.76 bits per heavy atom. The SMILES string of the molecule is COc1ccccc1-c1csc2nc(NS(=O)(=O)c3cccs3)nn12. The Kier molecular flexibility index (Phi) is 3.94. The maximum Gasteiger partial charge on any atom is 0.273 e. The molecule has 0 aliphatic heterocycles. The van der Waals surface area contributed by atoms with Gasteiger partial charge in [0.05, 0.1) is 12.8 Å². The molecule has 0 aliphatic carbocycles. The van der Waals surface area contributed by atoms with Gasteiger partial charge in [0.1, 0.15) is 9.96 Å². The molecule has 4 aromatic rings. The van der Waals surface area contributed by atoms with Crippen LogP contribution >= 0.6 is 22.7 Å². The van der Waals surface area contributed by atoms with Crippen molar-refractivity contribution in [1.29, 1.82) is 0 Å². The first-order chi connectivity index (χ1) is 12.1. The van der Waals surface area contributed by atoms with Crippen LogP contribution in [0.4, 0.5) is 5.95 Å². The number of hydrogen-bond acceptors (Lipinski definition) is 7. The van der Waals surface area contributed by atoms with Crippen molar-refractivity contribution in [1.82, 2.24) is 14.6 Å². The lowest BCUT2D eigenvalue weighted by molar-refractivity contribution is 0.416. The van der Waals surface area contributed by atoms with Gasteiger partial charge in [0.15, 0.2) is 0 Å². The largest absolute Gasteiger partial charge is 0.496 e. The molecule has 0 spiro atoms. The molecule has 0 bridgehead atoms. The zero-order valence-corrected chi connectivity index (χ0v) is 15.4. The van der Waals surface area contributed by atoms with Gasteiger partial charge >= 0.3 is 0 Å². The van der Waals surface area contributed by atoms with Crippen LogP contribution in [0, 0.1) is 0 Å². The molecule has 4 rings (SSSR count). The molecule has 1 aromatic carbocycles. The van der Waals surface area contributed by atoms with Crippen molar-refractivity contribution in [2.45, 2.75) is 4.21 Å². The van der Waals surface area contributed by atoms with Crippen molar-refractivity contribution in [3.63, 3.8) is 0 Å². The maximum absolute atomic E-state index is 12.3. The van der Waals surface area contributed by atoms with Crippen LogP contribution in [0.15, 0.2) is 51.4 Å². The summed E-state index contributed by atoms with van der Waals surface area (Å²) in [6.07, 6.45) is 0. The number of nitrogens with one attached hydrogen (secondary N) is 1. The minimum absolute atomic E-state index is 0.0383. The zero-order valence-electron chi connectivity index (χ0n) is 12.9. The molecule has 3 heterocycles. The fraction of sp³-hybridized carbons (Fsp3) is 0.0667. The van der Waals surface area contributed by atoms with E-state index in [0.29, 0.717) is 10.7 Å². The maximum atomic E-state index is 12.3. The van der Waals surface area contributed by atoms with E-state index >= 15 is 0 Å². The second-order valence-corrected chi connectivity index (χ2v) is 8.68. The van der Waals surface area contributed by atoms with Gasteiger partial charge in [-0.15, -0.1) is 27.8 Å². The normalized spacial score (nSPS) is 11.7. The number of thiophene rings is 1. The molecule has 0 unspecified atom stereocenters. The molecular formula is C15H12N4O3S3. The highest BCUT2D eigenvalue weighted by Gasteiger charge is 2.20. The Morgan fingerprint density at radius 1 is 1.16 bits per heavy atom. The molecule has 25 heavy (non-hydrogen) atoms. The summed E-state index contributed by atoms with van der Waals surface area (Å²) in [7, 11) is -2.07. The molecule has 0 saturated heterocycles. The van der Waals surface area contributed by atoms with E-state index in [0.717, 1.165) is 22.6 Å². The summed E-state index contributed by atoms with van der Waals surface area (Å²) in [6, 6.07) is 10.8. The van der Waals surface area contributed by atoms with Crippen molar-refractivity contribution >= 4 is 43.6 Å². The number of methoxy groups -OCH3 is 1. The molecule has 0 amide bonds. The molecule has 0 radical (unpaired) electrons. The van der Waals surface area contributed by atoms with E-state index < -0.39 is 10.0 Å². The van der Waals surface area contributed by atoms with Crippen LogP contribution < -0.4 is 9.46 Å². The van der Waals surface area contributed by atoms with Crippen LogP contribution in [0.3, 0.4) is 0 Å². The molecule has 0 atom stereocenters. The number of nitrogens with zero attached hydrogens (tertiary/aromatic N) is 3. The van der Waals surface area contributed by atoms with Crippen molar-refractivity contribution in [3.05, 3.63) is 47.2 Å². The number of fused-ring (bicyclic) bond motifs is 1. The topological polar surface area (TPSA) is 85.6 Å². The number of sulfonamides is 1. The third-order valence-corrected chi connectivity index (χ3v) is 6.99. The third-order valence-electron chi connectivity index (χ3n) is 3.45. The number of para-hydroxylation sites is 1. The van der Waals surface area contributed by atoms with Gasteiger partial charge in [0.25, 0.3) is 16.0 Å². The van der Waals surface area contributed by atoms with Crippen LogP contribution in [0.2, 0.25) is 0 Å². The van der Waals surface area contributed by atoms with Gasteiger partial charge in [-0.25, -0.2) is 17.7 Å². The summed E-state index contributed by atoms with van der Waals surface area (Å²) in [6.45, 7) is 0. The number of ether oxygens (including phenoxy) is 1. The molecular weight excluding hydrogens is 380 g/mol. The van der Waals surface area contributed by atoms with Crippen LogP contribution in [-0.4, -0.2) is 30.1 Å². The molecule has 0 fully saturated rings. The highest BCUT2D eigenvalue weighted by molar-refractivity contribution is 7.94. The number of aromatic nitrogens is 3. The zero-order chi connectivity index (χ0) is 17.4. The average molecular weight is 392 g/mol. The number of hydrogen-bond donors (Lipinski definition) is 1. The first kappa shape index (κ1) is 16.1. The van der Waals surface area contributed by atoms with Gasteiger partial charge in [-0.2, -0.15) is 4.98 Å². The summed E-state index contributed by atoms with van der Waals surface area (Å²) >= 11 is 2.51. The summed E-state index contributed by atoms with van der Waals surface area (Å²) in [5.74, 6) is 0.745. The summed E-state index contributed by atoms with van der Waals surface area (Å²) in [5.41, 5.74) is 1.64. The second-order valence-electron chi connectivity index (χ2n) is 4.99. The van der Waals surface area contributed by atoms with E-state index in [1.54, 1.807) is 23.1 Å². The minimum Gasteiger partial charge on any atom is -0.496 e. The first-order valence-electron chi connectivity index (χ1n) is 7.12. The monoisotopic (exact) mass is 392 g/mol. The molecule has 128 valence electrons. The number of thiazole rings is 1. The second kappa shape index (κ2) is 6.14. The van der Waals surface area contributed by atoms with E-state index in [1.165, 1.54) is 17.4 Å². The highest BCUT2D eigenvalue weighted by atomic mass is 32.2. The Hall–Kier alpha value is -2.43. The lowest BCUT2D eigenvalue weighted by atomic mass is 10.1. The standard InChI is InChI=1S/C15H12N4O3S3/c1-22-12-6-3-2-5-10(12)11-9-24-15-16-14(17-19(11)15)18-25(20,21)13-7-4-8-23-13/h2-9H,1H3,(H,17,18). The predicted octanol–water partition coefficient (Wildman–Crippen LogP) is 3.33. The Labute approximate surface area is 151 Å². The minimum atomic E-state index is -3.68. The fourth-order valence-corrected chi connectivity index (χ4v) is 5.11. The van der Waals surface area contributed by atoms with E-state index in [9.17, 15) is 8.42 Å². The molecule has 1 N–H and O–H groups in total. The van der Waals surface area contributed by atoms with Gasteiger partial charge in [0, 0.05) is 10.9 Å². The first-order valence-corrected chi connectivity index (χ1v) is 10.4. The van der Waals surface area contributed by atoms with Crippen LogP contribution in [0.5, 0.6) is 5.75 Å². The Bertz CT molecular complexity index is 1130. The molecule has 0 aliphatic rings. The van der Waals surface area contributed by atoms with Gasteiger partial charge in [-0.1, -0.05) is 18.2 Å². The van der Waals surface area contributed by atoms with Crippen LogP contribution in [-0.2, 0) is 10.0 Å². The summed E-state index contributed by atoms with van der Waals surface area (Å²) < 4.78 is 34.3. The van der Waals surface area contributed by atoms with Crippen molar-refractivity contribution in [3.8, 4) is 17.0 Å². The molecule has 3 aromatic heterocycles. The van der Waals surface area contributed by atoms with E-state index in [2.05, 4.69) is 14.8 Å². The van der Waals surface area contributed by atoms with Gasteiger partial charge in [-0.05, 0) is 23.6 Å². The number of rotatable bonds is 5. The number of anilines is 1. The van der Waals surface area contributed by atoms with Crippen LogP contribution in [0.25, 0.3) is 16.2 Å². The van der Waals surface area contributed by atoms with E-state index in [1.807, 2.05) is 29.6 Å². The average Bonchev–Trinajstić information content (AvgIpc) is 3.31.